The number of aromatic amines is 1. The van der Waals surface area contributed by atoms with Crippen molar-refractivity contribution in [3.63, 3.8) is 0 Å². The number of aromatic nitrogens is 1. The average molecular weight is 457 g/mol. The second kappa shape index (κ2) is 8.12. The van der Waals surface area contributed by atoms with Crippen molar-refractivity contribution in [1.82, 2.24) is 9.88 Å². The predicted octanol–water partition coefficient (Wildman–Crippen LogP) is 2.08. The number of amides is 2. The summed E-state index contributed by atoms with van der Waals surface area (Å²) < 4.78 is 23.8. The Bertz CT molecular complexity index is 1240. The Morgan fingerprint density at radius 1 is 1.31 bits per heavy atom. The molecule has 32 heavy (non-hydrogen) atoms. The highest BCUT2D eigenvalue weighted by Gasteiger charge is 2.34. The highest BCUT2D eigenvalue weighted by molar-refractivity contribution is 7.91. The van der Waals surface area contributed by atoms with Crippen LogP contribution in [0.5, 0.6) is 0 Å². The molecule has 1 aliphatic carbocycles. The minimum absolute atomic E-state index is 0.0914. The Hall–Kier alpha value is -3.07. The molecule has 1 aliphatic heterocycles. The van der Waals surface area contributed by atoms with Crippen LogP contribution in [-0.2, 0) is 14.6 Å². The van der Waals surface area contributed by atoms with E-state index in [0.717, 1.165) is 22.2 Å². The van der Waals surface area contributed by atoms with E-state index in [0.29, 0.717) is 43.6 Å². The number of likely N-dealkylation sites (N-methyl/N-ethyl adjacent to an activating group) is 1. The molecule has 0 saturated carbocycles. The van der Waals surface area contributed by atoms with Crippen LogP contribution in [0.3, 0.4) is 0 Å². The molecule has 3 N–H and O–H groups in total. The first-order chi connectivity index (χ1) is 15.1. The lowest BCUT2D eigenvalue weighted by Crippen LogP contribution is -2.60. The number of carbonyl (C=O) groups excluding carboxylic acids is 2. The Kier molecular flexibility index (Phi) is 5.62. The van der Waals surface area contributed by atoms with Crippen molar-refractivity contribution >= 4 is 43.8 Å². The van der Waals surface area contributed by atoms with E-state index in [1.165, 1.54) is 12.3 Å². The molecular formula is C23H28N4O4S. The first-order valence-corrected chi connectivity index (χ1v) is 12.5. The van der Waals surface area contributed by atoms with E-state index >= 15 is 0 Å². The summed E-state index contributed by atoms with van der Waals surface area (Å²) in [6.07, 6.45) is 5.97. The number of allylic oxidation sites excluding steroid dienone is 2. The van der Waals surface area contributed by atoms with Crippen molar-refractivity contribution in [2.75, 3.05) is 31.3 Å². The van der Waals surface area contributed by atoms with Crippen LogP contribution in [0.15, 0.2) is 36.9 Å². The summed E-state index contributed by atoms with van der Waals surface area (Å²) in [5, 5.41) is 0.353. The highest BCUT2D eigenvalue weighted by atomic mass is 32.2. The monoisotopic (exact) mass is 456 g/mol. The van der Waals surface area contributed by atoms with E-state index < -0.39 is 21.0 Å². The standard InChI is InChI=1S/C23H28N4O4S/c1-4-19(28)27-12-15(13-27)26(2)18-7-5-6-17-20(18)21(23(24)29)22(25-17)14-8-10-16(11-9-14)32(3,30)31/h4-8,15-16,25H,1,9-13H2,2-3H3,(H2,24,29). The molecule has 1 unspecified atom stereocenters. The molecular weight excluding hydrogens is 428 g/mol. The van der Waals surface area contributed by atoms with Crippen LogP contribution >= 0.6 is 0 Å². The highest BCUT2D eigenvalue weighted by Crippen LogP contribution is 2.38. The summed E-state index contributed by atoms with van der Waals surface area (Å²) in [6, 6.07) is 5.88. The van der Waals surface area contributed by atoms with Gasteiger partial charge in [0, 0.05) is 43.0 Å². The van der Waals surface area contributed by atoms with Gasteiger partial charge in [0.15, 0.2) is 9.84 Å². The van der Waals surface area contributed by atoms with E-state index in [1.54, 1.807) is 4.90 Å². The van der Waals surface area contributed by atoms with Crippen LogP contribution in [0.2, 0.25) is 0 Å². The van der Waals surface area contributed by atoms with Gasteiger partial charge >= 0.3 is 0 Å². The molecule has 0 spiro atoms. The number of H-pyrrole nitrogens is 1. The fourth-order valence-corrected chi connectivity index (χ4v) is 5.63. The minimum Gasteiger partial charge on any atom is -0.367 e. The predicted molar refractivity (Wildman–Crippen MR) is 126 cm³/mol. The molecule has 2 amide bonds. The molecule has 2 aromatic rings. The normalized spacial score (nSPS) is 19.4. The van der Waals surface area contributed by atoms with Gasteiger partial charge in [-0.1, -0.05) is 18.7 Å². The maximum Gasteiger partial charge on any atom is 0.251 e. The Labute approximate surface area is 187 Å². The Balaban J connectivity index is 1.71. The third kappa shape index (κ3) is 3.81. The number of fused-ring (bicyclic) bond motifs is 1. The van der Waals surface area contributed by atoms with Crippen molar-refractivity contribution in [3.8, 4) is 0 Å². The van der Waals surface area contributed by atoms with Crippen LogP contribution in [0.1, 0.15) is 35.3 Å². The number of nitrogens with two attached hydrogens (primary N) is 1. The van der Waals surface area contributed by atoms with Gasteiger partial charge in [-0.3, -0.25) is 9.59 Å². The topological polar surface area (TPSA) is 117 Å². The Morgan fingerprint density at radius 3 is 2.59 bits per heavy atom. The number of sulfone groups is 1. The summed E-state index contributed by atoms with van der Waals surface area (Å²) >= 11 is 0. The molecule has 0 bridgehead atoms. The number of hydrogen-bond donors (Lipinski definition) is 2. The van der Waals surface area contributed by atoms with Gasteiger partial charge in [-0.05, 0) is 43.0 Å². The quantitative estimate of drug-likeness (QED) is 0.646. The van der Waals surface area contributed by atoms with Gasteiger partial charge in [0.1, 0.15) is 0 Å². The SMILES string of the molecule is C=CC(=O)N1CC(N(C)c2cccc3[nH]c(C4=CCC(S(C)(=O)=O)CC4)c(C(N)=O)c23)C1. The number of anilines is 1. The number of hydrogen-bond acceptors (Lipinski definition) is 5. The number of nitrogens with zero attached hydrogens (tertiary/aromatic N) is 2. The zero-order valence-corrected chi connectivity index (χ0v) is 19.1. The summed E-state index contributed by atoms with van der Waals surface area (Å²) in [7, 11) is -1.16. The zero-order chi connectivity index (χ0) is 23.2. The summed E-state index contributed by atoms with van der Waals surface area (Å²) in [5.41, 5.74) is 9.49. The van der Waals surface area contributed by atoms with Crippen LogP contribution in [0.4, 0.5) is 5.69 Å². The van der Waals surface area contributed by atoms with Crippen molar-refractivity contribution < 1.29 is 18.0 Å². The first kappa shape index (κ1) is 22.1. The number of benzene rings is 1. The van der Waals surface area contributed by atoms with Crippen LogP contribution in [0, 0.1) is 0 Å². The molecule has 1 aromatic carbocycles. The second-order valence-corrected chi connectivity index (χ2v) is 10.9. The molecule has 0 radical (unpaired) electrons. The molecule has 2 heterocycles. The van der Waals surface area contributed by atoms with Crippen LogP contribution < -0.4 is 10.6 Å². The number of likely N-dealkylation sites (tertiary alicyclic amines) is 1. The first-order valence-electron chi connectivity index (χ1n) is 10.6. The fourth-order valence-electron chi connectivity index (χ4n) is 4.64. The molecule has 8 nitrogen and oxygen atoms in total. The van der Waals surface area contributed by atoms with Crippen molar-refractivity contribution in [3.05, 3.63) is 48.2 Å². The third-order valence-electron chi connectivity index (χ3n) is 6.61. The van der Waals surface area contributed by atoms with Gasteiger partial charge in [-0.15, -0.1) is 0 Å². The molecule has 2 aliphatic rings. The second-order valence-electron chi connectivity index (χ2n) is 8.61. The van der Waals surface area contributed by atoms with E-state index in [2.05, 4.69) is 16.5 Å². The molecule has 1 saturated heterocycles. The fraction of sp³-hybridized carbons (Fsp3) is 0.391. The van der Waals surface area contributed by atoms with Gasteiger partial charge in [-0.25, -0.2) is 8.42 Å². The van der Waals surface area contributed by atoms with Gasteiger partial charge in [0.2, 0.25) is 5.91 Å². The van der Waals surface area contributed by atoms with E-state index in [1.807, 2.05) is 31.3 Å². The number of rotatable bonds is 6. The molecule has 4 rings (SSSR count). The van der Waals surface area contributed by atoms with Crippen molar-refractivity contribution in [1.29, 1.82) is 0 Å². The maximum atomic E-state index is 12.6. The maximum absolute atomic E-state index is 12.6. The van der Waals surface area contributed by atoms with Gasteiger partial charge in [0.25, 0.3) is 5.91 Å². The summed E-state index contributed by atoms with van der Waals surface area (Å²) in [4.78, 5) is 31.5. The minimum atomic E-state index is -3.11. The van der Waals surface area contributed by atoms with Gasteiger partial charge < -0.3 is 20.5 Å². The number of nitrogens with one attached hydrogen (secondary N) is 1. The van der Waals surface area contributed by atoms with Crippen LogP contribution in [-0.4, -0.2) is 67.8 Å². The average Bonchev–Trinajstić information content (AvgIpc) is 3.11. The van der Waals surface area contributed by atoms with Gasteiger partial charge in [-0.2, -0.15) is 0 Å². The Morgan fingerprint density at radius 2 is 2.03 bits per heavy atom. The van der Waals surface area contributed by atoms with E-state index in [-0.39, 0.29) is 11.9 Å². The van der Waals surface area contributed by atoms with Gasteiger partial charge in [0.05, 0.1) is 22.5 Å². The van der Waals surface area contributed by atoms with E-state index in [9.17, 15) is 18.0 Å². The molecule has 1 aromatic heterocycles. The molecule has 1 atom stereocenters. The summed E-state index contributed by atoms with van der Waals surface area (Å²) in [6.45, 7) is 4.69. The molecule has 170 valence electrons. The lowest BCUT2D eigenvalue weighted by Gasteiger charge is -2.44. The largest absolute Gasteiger partial charge is 0.367 e. The van der Waals surface area contributed by atoms with Crippen molar-refractivity contribution in [2.45, 2.75) is 30.6 Å². The zero-order valence-electron chi connectivity index (χ0n) is 18.3. The van der Waals surface area contributed by atoms with E-state index in [4.69, 9.17) is 5.73 Å². The molecule has 9 heteroatoms. The smallest absolute Gasteiger partial charge is 0.251 e. The number of carbonyl (C=O) groups is 2. The number of primary amides is 1. The summed E-state index contributed by atoms with van der Waals surface area (Å²) in [5.74, 6) is -0.624. The van der Waals surface area contributed by atoms with Crippen LogP contribution in [0.25, 0.3) is 16.5 Å². The lowest BCUT2D eigenvalue weighted by atomic mass is 9.93. The van der Waals surface area contributed by atoms with Crippen molar-refractivity contribution in [2.24, 2.45) is 5.73 Å². The molecule has 1 fully saturated rings. The third-order valence-corrected chi connectivity index (χ3v) is 8.25. The lowest BCUT2D eigenvalue weighted by molar-refractivity contribution is -0.130.